The van der Waals surface area contributed by atoms with Crippen LogP contribution < -0.4 is 24.8 Å². The molecule has 12 heteroatoms. The molecule has 0 aliphatic rings. The number of carbonyl (C=O) groups excluding carboxylic acids is 3. The second-order valence-corrected chi connectivity index (χ2v) is 11.0. The van der Waals surface area contributed by atoms with Crippen LogP contribution >= 0.6 is 0 Å². The Morgan fingerprint density at radius 1 is 0.733 bits per heavy atom. The van der Waals surface area contributed by atoms with Gasteiger partial charge in [-0.15, -0.1) is 0 Å². The lowest BCUT2D eigenvalue weighted by molar-refractivity contribution is -0.385. The van der Waals surface area contributed by atoms with Crippen molar-refractivity contribution in [2.45, 2.75) is 41.0 Å². The molecule has 0 saturated carbocycles. The van der Waals surface area contributed by atoms with E-state index >= 15 is 0 Å². The molecule has 0 aliphatic heterocycles. The summed E-state index contributed by atoms with van der Waals surface area (Å²) in [4.78, 5) is 49.5. The van der Waals surface area contributed by atoms with Gasteiger partial charge >= 0.3 is 11.7 Å². The highest BCUT2D eigenvalue weighted by molar-refractivity contribution is 6.08. The zero-order valence-electron chi connectivity index (χ0n) is 26.3. The minimum atomic E-state index is -0.564. The van der Waals surface area contributed by atoms with Gasteiger partial charge in [0, 0.05) is 23.3 Å². The van der Waals surface area contributed by atoms with Gasteiger partial charge in [0.05, 0.1) is 48.8 Å². The molecule has 3 aromatic rings. The number of nitrogens with zero attached hydrogens (tertiary/aromatic N) is 1. The Labute approximate surface area is 262 Å². The number of benzene rings is 3. The van der Waals surface area contributed by atoms with Crippen LogP contribution in [-0.4, -0.2) is 49.6 Å². The molecular formula is C33H39N3O9. The summed E-state index contributed by atoms with van der Waals surface area (Å²) in [5, 5.41) is 17.1. The summed E-state index contributed by atoms with van der Waals surface area (Å²) in [7, 11) is 1.28. The number of amides is 2. The summed E-state index contributed by atoms with van der Waals surface area (Å²) in [5.41, 5.74) is 1.08. The van der Waals surface area contributed by atoms with Crippen molar-refractivity contribution in [2.75, 3.05) is 37.6 Å². The number of rotatable bonds is 15. The van der Waals surface area contributed by atoms with Crippen LogP contribution in [0.1, 0.15) is 72.1 Å². The molecule has 0 unspecified atom stereocenters. The van der Waals surface area contributed by atoms with Crippen LogP contribution in [0.5, 0.6) is 17.2 Å². The lowest BCUT2D eigenvalue weighted by Crippen LogP contribution is -2.17. The Kier molecular flexibility index (Phi) is 12.3. The fourth-order valence-corrected chi connectivity index (χ4v) is 3.91. The van der Waals surface area contributed by atoms with E-state index in [1.165, 1.54) is 49.6 Å². The molecule has 3 rings (SSSR count). The van der Waals surface area contributed by atoms with Crippen LogP contribution in [-0.2, 0) is 4.74 Å². The molecule has 240 valence electrons. The van der Waals surface area contributed by atoms with E-state index in [0.29, 0.717) is 36.8 Å². The first kappa shape index (κ1) is 34.4. The molecule has 0 aromatic heterocycles. The van der Waals surface area contributed by atoms with E-state index in [-0.39, 0.29) is 52.3 Å². The molecule has 2 N–H and O–H groups in total. The Morgan fingerprint density at radius 3 is 1.71 bits per heavy atom. The third-order valence-corrected chi connectivity index (χ3v) is 6.17. The molecule has 45 heavy (non-hydrogen) atoms. The summed E-state index contributed by atoms with van der Waals surface area (Å²) in [6, 6.07) is 13.1. The number of carbonyl (C=O) groups is 3. The lowest BCUT2D eigenvalue weighted by Gasteiger charge is -2.17. The van der Waals surface area contributed by atoms with Gasteiger partial charge in [0.1, 0.15) is 11.5 Å². The van der Waals surface area contributed by atoms with Crippen LogP contribution in [0.15, 0.2) is 54.6 Å². The molecule has 0 spiro atoms. The van der Waals surface area contributed by atoms with Crippen molar-refractivity contribution >= 4 is 34.8 Å². The van der Waals surface area contributed by atoms with Crippen LogP contribution in [0.4, 0.5) is 17.1 Å². The molecule has 2 amide bonds. The first-order valence-corrected chi connectivity index (χ1v) is 14.6. The molecule has 0 heterocycles. The summed E-state index contributed by atoms with van der Waals surface area (Å²) in [5.74, 6) is -0.731. The number of hydrogen-bond donors (Lipinski definition) is 2. The molecule has 0 saturated heterocycles. The fourth-order valence-electron chi connectivity index (χ4n) is 3.91. The van der Waals surface area contributed by atoms with E-state index < -0.39 is 22.7 Å². The van der Waals surface area contributed by atoms with E-state index in [1.54, 1.807) is 12.1 Å². The molecule has 0 bridgehead atoms. The first-order valence-electron chi connectivity index (χ1n) is 14.6. The van der Waals surface area contributed by atoms with Crippen LogP contribution in [0, 0.1) is 22.0 Å². The normalized spacial score (nSPS) is 10.8. The number of ether oxygens (including phenoxy) is 4. The van der Waals surface area contributed by atoms with Gasteiger partial charge < -0.3 is 29.6 Å². The monoisotopic (exact) mass is 621 g/mol. The van der Waals surface area contributed by atoms with Crippen molar-refractivity contribution in [1.82, 2.24) is 0 Å². The topological polar surface area (TPSA) is 155 Å². The zero-order chi connectivity index (χ0) is 33.1. The maximum absolute atomic E-state index is 13.3. The Balaban J connectivity index is 1.89. The third-order valence-electron chi connectivity index (χ3n) is 6.17. The van der Waals surface area contributed by atoms with Gasteiger partial charge in [-0.1, -0.05) is 34.6 Å². The third kappa shape index (κ3) is 9.68. The van der Waals surface area contributed by atoms with E-state index in [4.69, 9.17) is 18.9 Å². The van der Waals surface area contributed by atoms with E-state index in [9.17, 15) is 24.5 Å². The summed E-state index contributed by atoms with van der Waals surface area (Å²) < 4.78 is 22.1. The highest BCUT2D eigenvalue weighted by Crippen LogP contribution is 2.32. The number of hydrogen-bond acceptors (Lipinski definition) is 9. The van der Waals surface area contributed by atoms with Gasteiger partial charge in [0.2, 0.25) is 0 Å². The van der Waals surface area contributed by atoms with Crippen molar-refractivity contribution in [3.8, 4) is 17.2 Å². The van der Waals surface area contributed by atoms with Crippen molar-refractivity contribution in [3.63, 3.8) is 0 Å². The molecule has 3 aromatic carbocycles. The number of nitrogens with one attached hydrogen (secondary N) is 2. The Morgan fingerprint density at radius 2 is 1.20 bits per heavy atom. The molecular weight excluding hydrogens is 582 g/mol. The van der Waals surface area contributed by atoms with Crippen molar-refractivity contribution in [1.29, 1.82) is 0 Å². The first-order chi connectivity index (χ1) is 21.4. The molecule has 0 radical (unpaired) electrons. The van der Waals surface area contributed by atoms with Crippen molar-refractivity contribution in [2.24, 2.45) is 11.8 Å². The maximum atomic E-state index is 13.3. The molecule has 0 atom stereocenters. The Hall–Kier alpha value is -5.13. The predicted molar refractivity (Wildman–Crippen MR) is 170 cm³/mol. The van der Waals surface area contributed by atoms with Crippen molar-refractivity contribution < 1.29 is 38.3 Å². The van der Waals surface area contributed by atoms with Crippen LogP contribution in [0.3, 0.4) is 0 Å². The highest BCUT2D eigenvalue weighted by Gasteiger charge is 2.21. The SMILES string of the molecule is CCCOc1cc(C(=O)OC)ccc1NC(=O)c1ccc(NC(=O)c2ccc([N+](=O)[O-])c(OCC(C)C)c2)c(OCC(C)C)c1. The Bertz CT molecular complexity index is 1540. The fraction of sp³-hybridized carbons (Fsp3) is 0.364. The molecule has 0 fully saturated rings. The molecule has 0 aliphatic carbocycles. The lowest BCUT2D eigenvalue weighted by atomic mass is 10.1. The maximum Gasteiger partial charge on any atom is 0.337 e. The van der Waals surface area contributed by atoms with Gasteiger partial charge in [-0.3, -0.25) is 19.7 Å². The summed E-state index contributed by atoms with van der Waals surface area (Å²) >= 11 is 0. The predicted octanol–water partition coefficient (Wildman–Crippen LogP) is 6.74. The summed E-state index contributed by atoms with van der Waals surface area (Å²) in [6.45, 7) is 10.6. The van der Waals surface area contributed by atoms with Crippen LogP contribution in [0.2, 0.25) is 0 Å². The number of nitro groups is 1. The van der Waals surface area contributed by atoms with Crippen molar-refractivity contribution in [3.05, 3.63) is 81.4 Å². The number of esters is 1. The quantitative estimate of drug-likeness (QED) is 0.107. The van der Waals surface area contributed by atoms with Gasteiger partial charge in [-0.25, -0.2) is 4.79 Å². The van der Waals surface area contributed by atoms with Gasteiger partial charge in [0.25, 0.3) is 11.8 Å². The second-order valence-electron chi connectivity index (χ2n) is 11.0. The molecule has 12 nitrogen and oxygen atoms in total. The standard InChI is InChI=1S/C33H39N3O9/c1-7-14-43-28-17-24(33(39)42-6)9-12-25(28)34-31(37)22-8-11-26(29(15-22)44-18-20(2)3)35-32(38)23-10-13-27(36(40)41)30(16-23)45-19-21(4)5/h8-13,15-17,20-21H,7,14,18-19H2,1-6H3,(H,34,37)(H,35,38). The minimum Gasteiger partial charge on any atom is -0.491 e. The van der Waals surface area contributed by atoms with Gasteiger partial charge in [0.15, 0.2) is 5.75 Å². The highest BCUT2D eigenvalue weighted by atomic mass is 16.6. The van der Waals surface area contributed by atoms with E-state index in [0.717, 1.165) is 0 Å². The number of nitro benzene ring substituents is 1. The van der Waals surface area contributed by atoms with E-state index in [1.807, 2.05) is 34.6 Å². The largest absolute Gasteiger partial charge is 0.491 e. The van der Waals surface area contributed by atoms with Crippen LogP contribution in [0.25, 0.3) is 0 Å². The minimum absolute atomic E-state index is 0.00782. The van der Waals surface area contributed by atoms with Gasteiger partial charge in [-0.2, -0.15) is 0 Å². The average Bonchev–Trinajstić information content (AvgIpc) is 3.01. The smallest absolute Gasteiger partial charge is 0.337 e. The van der Waals surface area contributed by atoms with E-state index in [2.05, 4.69) is 10.6 Å². The summed E-state index contributed by atoms with van der Waals surface area (Å²) in [6.07, 6.45) is 0.714. The number of methoxy groups -OCH3 is 1. The zero-order valence-corrected chi connectivity index (χ0v) is 26.3. The average molecular weight is 622 g/mol. The number of anilines is 2. The second kappa shape index (κ2) is 16.1. The van der Waals surface area contributed by atoms with Gasteiger partial charge in [-0.05, 0) is 60.7 Å².